The minimum absolute atomic E-state index is 0.116. The molecule has 28 heavy (non-hydrogen) atoms. The maximum Gasteiger partial charge on any atom is 0.433 e. The Bertz CT molecular complexity index is 839. The van der Waals surface area contributed by atoms with E-state index in [0.29, 0.717) is 18.8 Å². The van der Waals surface area contributed by atoms with Gasteiger partial charge < -0.3 is 20.0 Å². The minimum Gasteiger partial charge on any atom is -0.465 e. The molecule has 3 heterocycles. The van der Waals surface area contributed by atoms with Crippen molar-refractivity contribution < 1.29 is 17.6 Å². The fraction of sp³-hybridized carbons (Fsp3) is 0.500. The first kappa shape index (κ1) is 20.4. The number of anilines is 2. The molecule has 2 aromatic heterocycles. The molecule has 0 radical (unpaired) electrons. The van der Waals surface area contributed by atoms with Gasteiger partial charge in [0.2, 0.25) is 5.95 Å². The average molecular weight is 413 g/mol. The number of rotatable bonds is 4. The quantitative estimate of drug-likeness (QED) is 0.726. The molecule has 1 aliphatic rings. The molecule has 0 amide bonds. The predicted octanol–water partition coefficient (Wildman–Crippen LogP) is 4.26. The highest BCUT2D eigenvalue weighted by molar-refractivity contribution is 7.80. The van der Waals surface area contributed by atoms with Crippen LogP contribution in [0.4, 0.5) is 24.9 Å². The van der Waals surface area contributed by atoms with Gasteiger partial charge in [0.05, 0.1) is 6.54 Å². The number of hydrogen-bond donors (Lipinski definition) is 2. The molecule has 2 aromatic rings. The lowest BCUT2D eigenvalue weighted by molar-refractivity contribution is -0.141. The first-order chi connectivity index (χ1) is 13.2. The zero-order valence-electron chi connectivity index (χ0n) is 15.6. The Morgan fingerprint density at radius 3 is 2.75 bits per heavy atom. The number of nitrogens with zero attached hydrogens (tertiary/aromatic N) is 3. The highest BCUT2D eigenvalue weighted by Gasteiger charge is 2.35. The van der Waals surface area contributed by atoms with Crippen LogP contribution in [-0.4, -0.2) is 27.7 Å². The maximum absolute atomic E-state index is 13.3. The molecule has 2 N–H and O–H groups in total. The molecule has 6 nitrogen and oxygen atoms in total. The second-order valence-electron chi connectivity index (χ2n) is 6.79. The molecule has 0 bridgehead atoms. The summed E-state index contributed by atoms with van der Waals surface area (Å²) in [6.45, 7) is 4.77. The third-order valence-electron chi connectivity index (χ3n) is 4.54. The van der Waals surface area contributed by atoms with Gasteiger partial charge in [-0.1, -0.05) is 0 Å². The highest BCUT2D eigenvalue weighted by Crippen LogP contribution is 2.32. The summed E-state index contributed by atoms with van der Waals surface area (Å²) in [6, 6.07) is 4.72. The summed E-state index contributed by atoms with van der Waals surface area (Å²) in [5, 5.41) is 5.65. The standard InChI is InChI=1S/C18H22F3N5OS/c1-11-5-3-4-8-26(11)15-9-14(18(19,20)21)23-16(24-15)25-17(28)22-10-13-7-6-12(2)27-13/h6-7,9,11H,3-5,8,10H2,1-2H3,(H2,22,23,24,25,28). The van der Waals surface area contributed by atoms with Crippen LogP contribution in [0.5, 0.6) is 0 Å². The normalized spacial score (nSPS) is 17.5. The topological polar surface area (TPSA) is 66.2 Å². The fourth-order valence-corrected chi connectivity index (χ4v) is 3.28. The number of aryl methyl sites for hydroxylation is 1. The first-order valence-corrected chi connectivity index (χ1v) is 9.46. The van der Waals surface area contributed by atoms with Crippen LogP contribution >= 0.6 is 12.2 Å². The molecule has 0 spiro atoms. The van der Waals surface area contributed by atoms with Crippen LogP contribution in [0.15, 0.2) is 22.6 Å². The van der Waals surface area contributed by atoms with Crippen molar-refractivity contribution in [1.29, 1.82) is 0 Å². The Hall–Kier alpha value is -2.36. The van der Waals surface area contributed by atoms with E-state index in [4.69, 9.17) is 16.6 Å². The zero-order valence-corrected chi connectivity index (χ0v) is 16.5. The Morgan fingerprint density at radius 2 is 2.11 bits per heavy atom. The Balaban J connectivity index is 1.76. The first-order valence-electron chi connectivity index (χ1n) is 9.05. The van der Waals surface area contributed by atoms with Gasteiger partial charge in [0.15, 0.2) is 10.8 Å². The summed E-state index contributed by atoms with van der Waals surface area (Å²) in [5.74, 6) is 1.49. The number of furan rings is 1. The Kier molecular flexibility index (Phi) is 6.07. The molecule has 1 unspecified atom stereocenters. The van der Waals surface area contributed by atoms with Crippen LogP contribution in [0.25, 0.3) is 0 Å². The number of thiocarbonyl (C=S) groups is 1. The number of hydrogen-bond acceptors (Lipinski definition) is 5. The summed E-state index contributed by atoms with van der Waals surface area (Å²) in [5.41, 5.74) is -0.998. The third kappa shape index (κ3) is 5.12. The lowest BCUT2D eigenvalue weighted by Gasteiger charge is -2.34. The number of aromatic nitrogens is 2. The third-order valence-corrected chi connectivity index (χ3v) is 4.79. The van der Waals surface area contributed by atoms with Gasteiger partial charge in [-0.05, 0) is 57.5 Å². The van der Waals surface area contributed by atoms with E-state index < -0.39 is 11.9 Å². The summed E-state index contributed by atoms with van der Waals surface area (Å²) < 4.78 is 45.4. The van der Waals surface area contributed by atoms with Crippen molar-refractivity contribution in [2.24, 2.45) is 0 Å². The second kappa shape index (κ2) is 8.34. The molecular formula is C18H22F3N5OS. The summed E-state index contributed by atoms with van der Waals surface area (Å²) in [4.78, 5) is 9.75. The van der Waals surface area contributed by atoms with E-state index in [2.05, 4.69) is 20.6 Å². The van der Waals surface area contributed by atoms with Crippen molar-refractivity contribution in [3.05, 3.63) is 35.4 Å². The van der Waals surface area contributed by atoms with E-state index in [9.17, 15) is 13.2 Å². The van der Waals surface area contributed by atoms with Crippen molar-refractivity contribution in [2.75, 3.05) is 16.8 Å². The van der Waals surface area contributed by atoms with Crippen molar-refractivity contribution in [3.63, 3.8) is 0 Å². The lowest BCUT2D eigenvalue weighted by Crippen LogP contribution is -2.38. The van der Waals surface area contributed by atoms with Crippen molar-refractivity contribution >= 4 is 29.1 Å². The molecule has 0 saturated carbocycles. The lowest BCUT2D eigenvalue weighted by atomic mass is 10.0. The van der Waals surface area contributed by atoms with E-state index in [0.717, 1.165) is 31.1 Å². The predicted molar refractivity (Wildman–Crippen MR) is 104 cm³/mol. The summed E-state index contributed by atoms with van der Waals surface area (Å²) in [6.07, 6.45) is -1.69. The molecule has 152 valence electrons. The van der Waals surface area contributed by atoms with E-state index in [-0.39, 0.29) is 22.9 Å². The van der Waals surface area contributed by atoms with Crippen molar-refractivity contribution in [2.45, 2.75) is 51.9 Å². The van der Waals surface area contributed by atoms with Crippen LogP contribution < -0.4 is 15.5 Å². The average Bonchev–Trinajstić information content (AvgIpc) is 3.05. The van der Waals surface area contributed by atoms with E-state index in [1.807, 2.05) is 24.8 Å². The van der Waals surface area contributed by atoms with Crippen LogP contribution in [0, 0.1) is 6.92 Å². The maximum atomic E-state index is 13.3. The SMILES string of the molecule is Cc1ccc(CNC(=S)Nc2nc(N3CCCCC3C)cc(C(F)(F)F)n2)o1. The molecule has 1 aliphatic heterocycles. The van der Waals surface area contributed by atoms with Gasteiger partial charge >= 0.3 is 6.18 Å². The van der Waals surface area contributed by atoms with E-state index >= 15 is 0 Å². The van der Waals surface area contributed by atoms with Crippen molar-refractivity contribution in [1.82, 2.24) is 15.3 Å². The molecule has 0 aliphatic carbocycles. The van der Waals surface area contributed by atoms with Gasteiger partial charge in [-0.2, -0.15) is 18.2 Å². The van der Waals surface area contributed by atoms with Gasteiger partial charge in [-0.15, -0.1) is 0 Å². The molecule has 1 atom stereocenters. The molecule has 1 fully saturated rings. The fourth-order valence-electron chi connectivity index (χ4n) is 3.11. The largest absolute Gasteiger partial charge is 0.465 e. The van der Waals surface area contributed by atoms with Crippen LogP contribution in [-0.2, 0) is 12.7 Å². The van der Waals surface area contributed by atoms with Crippen LogP contribution in [0.2, 0.25) is 0 Å². The smallest absolute Gasteiger partial charge is 0.433 e. The summed E-state index contributed by atoms with van der Waals surface area (Å²) >= 11 is 5.16. The van der Waals surface area contributed by atoms with Crippen LogP contribution in [0.3, 0.4) is 0 Å². The van der Waals surface area contributed by atoms with Gasteiger partial charge in [0.25, 0.3) is 0 Å². The number of alkyl halides is 3. The van der Waals surface area contributed by atoms with Crippen LogP contribution in [0.1, 0.15) is 43.4 Å². The van der Waals surface area contributed by atoms with Gasteiger partial charge in [-0.3, -0.25) is 0 Å². The number of piperidine rings is 1. The molecule has 10 heteroatoms. The van der Waals surface area contributed by atoms with E-state index in [1.165, 1.54) is 0 Å². The second-order valence-corrected chi connectivity index (χ2v) is 7.20. The summed E-state index contributed by atoms with van der Waals surface area (Å²) in [7, 11) is 0. The number of nitrogens with one attached hydrogen (secondary N) is 2. The molecular weight excluding hydrogens is 391 g/mol. The van der Waals surface area contributed by atoms with Gasteiger partial charge in [-0.25, -0.2) is 4.98 Å². The van der Waals surface area contributed by atoms with Crippen molar-refractivity contribution in [3.8, 4) is 0 Å². The minimum atomic E-state index is -4.58. The zero-order chi connectivity index (χ0) is 20.3. The Labute approximate surface area is 166 Å². The highest BCUT2D eigenvalue weighted by atomic mass is 32.1. The van der Waals surface area contributed by atoms with Gasteiger partial charge in [0, 0.05) is 18.7 Å². The van der Waals surface area contributed by atoms with Gasteiger partial charge in [0.1, 0.15) is 17.3 Å². The Morgan fingerprint density at radius 1 is 1.32 bits per heavy atom. The number of halogens is 3. The molecule has 3 rings (SSSR count). The molecule has 0 aromatic carbocycles. The monoisotopic (exact) mass is 413 g/mol. The molecule has 1 saturated heterocycles. The van der Waals surface area contributed by atoms with E-state index in [1.54, 1.807) is 6.07 Å².